The smallest absolute Gasteiger partial charge is 0.254 e. The molecule has 1 fully saturated rings. The van der Waals surface area contributed by atoms with Crippen molar-refractivity contribution in [2.45, 2.75) is 6.92 Å². The molecule has 1 heterocycles. The molecule has 0 spiro atoms. The first kappa shape index (κ1) is 19.5. The van der Waals surface area contributed by atoms with Gasteiger partial charge in [-0.05, 0) is 36.8 Å². The Bertz CT molecular complexity index is 867. The van der Waals surface area contributed by atoms with E-state index < -0.39 is 0 Å². The van der Waals surface area contributed by atoms with Crippen molar-refractivity contribution in [3.63, 3.8) is 0 Å². The molecule has 2 aromatic carbocycles. The fourth-order valence-electron chi connectivity index (χ4n) is 3.27. The number of rotatable bonds is 4. The van der Waals surface area contributed by atoms with Crippen LogP contribution in [0.2, 0.25) is 0 Å². The van der Waals surface area contributed by atoms with Gasteiger partial charge in [-0.1, -0.05) is 6.07 Å². The maximum atomic E-state index is 12.9. The number of aryl methyl sites for hydroxylation is 1. The van der Waals surface area contributed by atoms with Crippen molar-refractivity contribution in [1.29, 1.82) is 0 Å². The van der Waals surface area contributed by atoms with Crippen LogP contribution in [0.25, 0.3) is 0 Å². The summed E-state index contributed by atoms with van der Waals surface area (Å²) in [5, 5.41) is 0. The molecule has 1 aliphatic heterocycles. The number of carbonyl (C=O) groups excluding carboxylic acids is 2. The highest BCUT2D eigenvalue weighted by Gasteiger charge is 2.26. The second kappa shape index (κ2) is 8.21. The third kappa shape index (κ3) is 4.03. The van der Waals surface area contributed by atoms with E-state index >= 15 is 0 Å². The average Bonchev–Trinajstić information content (AvgIpc) is 2.74. The molecule has 2 N–H and O–H groups in total. The second-order valence-corrected chi connectivity index (χ2v) is 6.76. The first-order valence-electron chi connectivity index (χ1n) is 9.10. The number of hydrogen-bond donors (Lipinski definition) is 1. The fraction of sp³-hybridized carbons (Fsp3) is 0.333. The number of ether oxygens (including phenoxy) is 2. The van der Waals surface area contributed by atoms with Crippen LogP contribution in [0.5, 0.6) is 11.5 Å². The molecule has 28 heavy (non-hydrogen) atoms. The highest BCUT2D eigenvalue weighted by atomic mass is 16.5. The Morgan fingerprint density at radius 3 is 1.93 bits per heavy atom. The van der Waals surface area contributed by atoms with Crippen LogP contribution in [0.3, 0.4) is 0 Å². The lowest BCUT2D eigenvalue weighted by molar-refractivity contribution is 0.0535. The Kier molecular flexibility index (Phi) is 5.73. The van der Waals surface area contributed by atoms with E-state index in [9.17, 15) is 9.59 Å². The van der Waals surface area contributed by atoms with Crippen molar-refractivity contribution in [1.82, 2.24) is 9.80 Å². The van der Waals surface area contributed by atoms with Gasteiger partial charge in [0, 0.05) is 49.1 Å². The number of hydrogen-bond acceptors (Lipinski definition) is 5. The zero-order valence-electron chi connectivity index (χ0n) is 16.4. The van der Waals surface area contributed by atoms with Gasteiger partial charge < -0.3 is 25.0 Å². The van der Waals surface area contributed by atoms with Crippen LogP contribution < -0.4 is 15.2 Å². The molecule has 7 heteroatoms. The summed E-state index contributed by atoms with van der Waals surface area (Å²) in [6, 6.07) is 10.4. The lowest BCUT2D eigenvalue weighted by atomic mass is 10.1. The molecule has 3 rings (SSSR count). The van der Waals surface area contributed by atoms with Gasteiger partial charge in [-0.15, -0.1) is 0 Å². The van der Waals surface area contributed by atoms with Crippen LogP contribution >= 0.6 is 0 Å². The number of benzene rings is 2. The molecule has 0 atom stereocenters. The maximum Gasteiger partial charge on any atom is 0.254 e. The standard InChI is InChI=1S/C21H25N3O4/c1-14-4-5-16(22)12-19(14)21(26)24-8-6-23(7-9-24)20(25)15-10-17(27-2)13-18(11-15)28-3/h4-5,10-13H,6-9,22H2,1-3H3. The normalized spacial score (nSPS) is 14.0. The summed E-state index contributed by atoms with van der Waals surface area (Å²) in [6.07, 6.45) is 0. The summed E-state index contributed by atoms with van der Waals surface area (Å²) < 4.78 is 10.5. The molecule has 148 valence electrons. The van der Waals surface area contributed by atoms with Gasteiger partial charge in [0.2, 0.25) is 0 Å². The number of methoxy groups -OCH3 is 2. The van der Waals surface area contributed by atoms with Crippen LogP contribution in [0.1, 0.15) is 26.3 Å². The second-order valence-electron chi connectivity index (χ2n) is 6.76. The van der Waals surface area contributed by atoms with Gasteiger partial charge in [0.05, 0.1) is 14.2 Å². The Balaban J connectivity index is 1.69. The number of anilines is 1. The highest BCUT2D eigenvalue weighted by molar-refractivity contribution is 5.97. The number of nitrogen functional groups attached to an aromatic ring is 1. The van der Waals surface area contributed by atoms with Crippen LogP contribution in [-0.2, 0) is 0 Å². The van der Waals surface area contributed by atoms with Crippen molar-refractivity contribution >= 4 is 17.5 Å². The van der Waals surface area contributed by atoms with Gasteiger partial charge in [0.25, 0.3) is 11.8 Å². The van der Waals surface area contributed by atoms with E-state index in [0.717, 1.165) is 5.56 Å². The molecule has 0 radical (unpaired) electrons. The summed E-state index contributed by atoms with van der Waals surface area (Å²) in [4.78, 5) is 29.2. The zero-order chi connectivity index (χ0) is 20.3. The molecule has 1 saturated heterocycles. The van der Waals surface area contributed by atoms with E-state index in [4.69, 9.17) is 15.2 Å². The van der Waals surface area contributed by atoms with Crippen molar-refractivity contribution < 1.29 is 19.1 Å². The monoisotopic (exact) mass is 383 g/mol. The lowest BCUT2D eigenvalue weighted by Gasteiger charge is -2.35. The van der Waals surface area contributed by atoms with Gasteiger partial charge in [-0.25, -0.2) is 0 Å². The van der Waals surface area contributed by atoms with E-state index in [1.165, 1.54) is 0 Å². The number of carbonyl (C=O) groups is 2. The molecule has 7 nitrogen and oxygen atoms in total. The fourth-order valence-corrected chi connectivity index (χ4v) is 3.27. The predicted octanol–water partition coefficient (Wildman–Crippen LogP) is 2.19. The van der Waals surface area contributed by atoms with Crippen LogP contribution in [0, 0.1) is 6.92 Å². The third-order valence-electron chi connectivity index (χ3n) is 4.94. The minimum atomic E-state index is -0.107. The first-order chi connectivity index (χ1) is 13.4. The summed E-state index contributed by atoms with van der Waals surface area (Å²) in [5.41, 5.74) is 8.39. The summed E-state index contributed by atoms with van der Waals surface area (Å²) in [7, 11) is 3.09. The summed E-state index contributed by atoms with van der Waals surface area (Å²) in [6.45, 7) is 3.76. The minimum Gasteiger partial charge on any atom is -0.497 e. The summed E-state index contributed by atoms with van der Waals surface area (Å²) in [5.74, 6) is 0.965. The number of amides is 2. The number of nitrogens with zero attached hydrogens (tertiary/aromatic N) is 2. The average molecular weight is 383 g/mol. The van der Waals surface area contributed by atoms with Crippen molar-refractivity contribution in [3.8, 4) is 11.5 Å². The van der Waals surface area contributed by atoms with Crippen LogP contribution in [-0.4, -0.2) is 62.0 Å². The van der Waals surface area contributed by atoms with E-state index in [1.54, 1.807) is 54.4 Å². The van der Waals surface area contributed by atoms with Gasteiger partial charge in [-0.3, -0.25) is 9.59 Å². The third-order valence-corrected chi connectivity index (χ3v) is 4.94. The lowest BCUT2D eigenvalue weighted by Crippen LogP contribution is -2.50. The molecule has 0 aromatic heterocycles. The topological polar surface area (TPSA) is 85.1 Å². The van der Waals surface area contributed by atoms with E-state index in [1.807, 2.05) is 13.0 Å². The van der Waals surface area contributed by atoms with Crippen LogP contribution in [0.4, 0.5) is 5.69 Å². The highest BCUT2D eigenvalue weighted by Crippen LogP contribution is 2.24. The SMILES string of the molecule is COc1cc(OC)cc(C(=O)N2CCN(C(=O)c3cc(N)ccc3C)CC2)c1. The van der Waals surface area contributed by atoms with Crippen molar-refractivity contribution in [2.75, 3.05) is 46.1 Å². The number of piperazine rings is 1. The molecule has 0 unspecified atom stereocenters. The van der Waals surface area contributed by atoms with Gasteiger partial charge in [0.1, 0.15) is 11.5 Å². The molecule has 0 bridgehead atoms. The van der Waals surface area contributed by atoms with E-state index in [0.29, 0.717) is 54.5 Å². The van der Waals surface area contributed by atoms with Gasteiger partial charge in [0.15, 0.2) is 0 Å². The van der Waals surface area contributed by atoms with Gasteiger partial charge in [-0.2, -0.15) is 0 Å². The maximum absolute atomic E-state index is 12.9. The molecular weight excluding hydrogens is 358 g/mol. The van der Waals surface area contributed by atoms with E-state index in [2.05, 4.69) is 0 Å². The first-order valence-corrected chi connectivity index (χ1v) is 9.10. The quantitative estimate of drug-likeness (QED) is 0.818. The summed E-state index contributed by atoms with van der Waals surface area (Å²) >= 11 is 0. The van der Waals surface area contributed by atoms with Crippen molar-refractivity contribution in [2.24, 2.45) is 0 Å². The molecule has 1 aliphatic rings. The molecule has 2 amide bonds. The largest absolute Gasteiger partial charge is 0.497 e. The minimum absolute atomic E-state index is 0.0556. The number of nitrogens with two attached hydrogens (primary N) is 1. The Morgan fingerprint density at radius 2 is 1.39 bits per heavy atom. The van der Waals surface area contributed by atoms with Crippen molar-refractivity contribution in [3.05, 3.63) is 53.1 Å². The Hall–Kier alpha value is -3.22. The molecule has 0 aliphatic carbocycles. The zero-order valence-corrected chi connectivity index (χ0v) is 16.4. The molecule has 0 saturated carbocycles. The van der Waals surface area contributed by atoms with Gasteiger partial charge >= 0.3 is 0 Å². The predicted molar refractivity (Wildman–Crippen MR) is 107 cm³/mol. The Morgan fingerprint density at radius 1 is 0.857 bits per heavy atom. The van der Waals surface area contributed by atoms with E-state index in [-0.39, 0.29) is 11.8 Å². The van der Waals surface area contributed by atoms with Crippen LogP contribution in [0.15, 0.2) is 36.4 Å². The Labute approximate surface area is 164 Å². The molecule has 2 aromatic rings. The molecular formula is C21H25N3O4.